The molecule has 1 aliphatic rings. The summed E-state index contributed by atoms with van der Waals surface area (Å²) >= 11 is 6.15. The molecule has 0 spiro atoms. The van der Waals surface area contributed by atoms with E-state index in [1.807, 2.05) is 25.7 Å². The Morgan fingerprint density at radius 1 is 1.18 bits per heavy atom. The first kappa shape index (κ1) is 20.2. The van der Waals surface area contributed by atoms with Gasteiger partial charge in [0.1, 0.15) is 16.4 Å². The van der Waals surface area contributed by atoms with Gasteiger partial charge >= 0.3 is 12.1 Å². The Morgan fingerprint density at radius 2 is 1.86 bits per heavy atom. The molecule has 2 aromatic heterocycles. The molecule has 0 atom stereocenters. The van der Waals surface area contributed by atoms with Crippen molar-refractivity contribution in [3.05, 3.63) is 23.1 Å². The van der Waals surface area contributed by atoms with E-state index < -0.39 is 11.6 Å². The van der Waals surface area contributed by atoms with Crippen LogP contribution in [-0.4, -0.2) is 69.7 Å². The first-order valence-electron chi connectivity index (χ1n) is 9.13. The number of ether oxygens (including phenoxy) is 2. The lowest BCUT2D eigenvalue weighted by Gasteiger charge is -2.36. The summed E-state index contributed by atoms with van der Waals surface area (Å²) in [5.74, 6) is 0.0670. The van der Waals surface area contributed by atoms with Crippen LogP contribution in [0, 0.1) is 0 Å². The molecule has 0 aromatic carbocycles. The summed E-state index contributed by atoms with van der Waals surface area (Å²) in [5, 5.41) is 0.276. The van der Waals surface area contributed by atoms with E-state index in [9.17, 15) is 9.59 Å². The average molecular weight is 410 g/mol. The molecular weight excluding hydrogens is 386 g/mol. The fourth-order valence-electron chi connectivity index (χ4n) is 2.89. The summed E-state index contributed by atoms with van der Waals surface area (Å²) in [6.07, 6.45) is 1.26. The maximum Gasteiger partial charge on any atom is 0.410 e. The van der Waals surface area contributed by atoms with Gasteiger partial charge in [0.05, 0.1) is 6.61 Å². The van der Waals surface area contributed by atoms with Crippen molar-refractivity contribution in [3.8, 4) is 0 Å². The van der Waals surface area contributed by atoms with E-state index in [-0.39, 0.29) is 23.5 Å². The maximum atomic E-state index is 12.2. The van der Waals surface area contributed by atoms with E-state index in [4.69, 9.17) is 21.1 Å². The zero-order valence-electron chi connectivity index (χ0n) is 16.4. The van der Waals surface area contributed by atoms with Crippen molar-refractivity contribution in [3.63, 3.8) is 0 Å². The molecule has 0 bridgehead atoms. The van der Waals surface area contributed by atoms with Crippen LogP contribution >= 0.6 is 11.6 Å². The molecule has 0 aliphatic carbocycles. The number of halogens is 1. The lowest BCUT2D eigenvalue weighted by Crippen LogP contribution is -2.50. The second-order valence-electron chi connectivity index (χ2n) is 7.41. The summed E-state index contributed by atoms with van der Waals surface area (Å²) in [7, 11) is 0. The number of fused-ring (bicyclic) bond motifs is 1. The van der Waals surface area contributed by atoms with E-state index >= 15 is 0 Å². The second kappa shape index (κ2) is 7.83. The Hall–Kier alpha value is -2.55. The maximum absolute atomic E-state index is 12.2. The molecule has 1 amide bonds. The van der Waals surface area contributed by atoms with Crippen molar-refractivity contribution in [2.75, 3.05) is 37.7 Å². The number of rotatable bonds is 3. The molecule has 28 heavy (non-hydrogen) atoms. The molecular formula is C18H24ClN5O4. The molecule has 9 nitrogen and oxygen atoms in total. The number of anilines is 1. The third-order valence-electron chi connectivity index (χ3n) is 4.10. The summed E-state index contributed by atoms with van der Waals surface area (Å²) in [6, 6.07) is 1.59. The van der Waals surface area contributed by atoms with Crippen molar-refractivity contribution in [2.45, 2.75) is 33.3 Å². The average Bonchev–Trinajstić information content (AvgIpc) is 3.04. The molecule has 0 radical (unpaired) electrons. The number of amides is 1. The highest BCUT2D eigenvalue weighted by atomic mass is 35.5. The largest absolute Gasteiger partial charge is 0.461 e. The molecule has 0 unspecified atom stereocenters. The first-order chi connectivity index (χ1) is 13.2. The number of nitrogens with zero attached hydrogens (tertiary/aromatic N) is 5. The van der Waals surface area contributed by atoms with Gasteiger partial charge in [-0.3, -0.25) is 4.40 Å². The highest BCUT2D eigenvalue weighted by molar-refractivity contribution is 6.29. The minimum absolute atomic E-state index is 0.194. The molecule has 2 aromatic rings. The van der Waals surface area contributed by atoms with Crippen molar-refractivity contribution in [2.24, 2.45) is 0 Å². The number of imidazole rings is 1. The van der Waals surface area contributed by atoms with Crippen LogP contribution in [0.1, 0.15) is 38.2 Å². The van der Waals surface area contributed by atoms with Gasteiger partial charge in [-0.05, 0) is 27.7 Å². The third kappa shape index (κ3) is 4.46. The van der Waals surface area contributed by atoms with Crippen LogP contribution in [0.2, 0.25) is 5.15 Å². The van der Waals surface area contributed by atoms with E-state index in [0.29, 0.717) is 37.8 Å². The molecule has 0 N–H and O–H groups in total. The standard InChI is InChI=1S/C18H24ClN5O4/c1-5-27-15(25)12-11-24-14(20-12)10-13(19)21-16(24)22-6-8-23(9-7-22)17(26)28-18(2,3)4/h10-11H,5-9H2,1-4H3. The molecule has 3 rings (SSSR count). The zero-order valence-corrected chi connectivity index (χ0v) is 17.2. The molecule has 152 valence electrons. The Balaban J connectivity index is 1.79. The Labute approximate surface area is 168 Å². The number of aromatic nitrogens is 3. The number of carbonyl (C=O) groups is 2. The summed E-state index contributed by atoms with van der Waals surface area (Å²) < 4.78 is 12.1. The van der Waals surface area contributed by atoms with Crippen LogP contribution in [-0.2, 0) is 9.47 Å². The summed E-state index contributed by atoms with van der Waals surface area (Å²) in [6.45, 7) is 9.61. The van der Waals surface area contributed by atoms with E-state index in [2.05, 4.69) is 9.97 Å². The summed E-state index contributed by atoms with van der Waals surface area (Å²) in [5.41, 5.74) is 0.169. The lowest BCUT2D eigenvalue weighted by molar-refractivity contribution is 0.0239. The molecule has 0 saturated carbocycles. The predicted molar refractivity (Wildman–Crippen MR) is 104 cm³/mol. The minimum atomic E-state index is -0.533. The van der Waals surface area contributed by atoms with E-state index in [1.165, 1.54) is 0 Å². The van der Waals surface area contributed by atoms with Gasteiger partial charge in [0.15, 0.2) is 5.69 Å². The number of carbonyl (C=O) groups excluding carboxylic acids is 2. The van der Waals surface area contributed by atoms with Crippen LogP contribution < -0.4 is 4.90 Å². The van der Waals surface area contributed by atoms with Crippen molar-refractivity contribution in [1.29, 1.82) is 0 Å². The topological polar surface area (TPSA) is 89.3 Å². The highest BCUT2D eigenvalue weighted by Crippen LogP contribution is 2.22. The molecule has 3 heterocycles. The molecule has 1 fully saturated rings. The lowest BCUT2D eigenvalue weighted by atomic mass is 10.2. The number of piperazine rings is 1. The Kier molecular flexibility index (Phi) is 5.64. The van der Waals surface area contributed by atoms with Crippen molar-refractivity contribution < 1.29 is 19.1 Å². The van der Waals surface area contributed by atoms with Gasteiger partial charge in [0.2, 0.25) is 5.95 Å². The fraction of sp³-hybridized carbons (Fsp3) is 0.556. The summed E-state index contributed by atoms with van der Waals surface area (Å²) in [4.78, 5) is 36.6. The predicted octanol–water partition coefficient (Wildman–Crippen LogP) is 2.62. The Morgan fingerprint density at radius 3 is 2.46 bits per heavy atom. The quantitative estimate of drug-likeness (QED) is 0.568. The SMILES string of the molecule is CCOC(=O)c1cn2c(N3CCN(C(=O)OC(C)(C)C)CC3)nc(Cl)cc2n1. The number of hydrogen-bond donors (Lipinski definition) is 0. The van der Waals surface area contributed by atoms with Crippen LogP contribution in [0.5, 0.6) is 0 Å². The van der Waals surface area contributed by atoms with Gasteiger partial charge < -0.3 is 19.3 Å². The van der Waals surface area contributed by atoms with Gasteiger partial charge in [0, 0.05) is 38.4 Å². The molecule has 10 heteroatoms. The first-order valence-corrected chi connectivity index (χ1v) is 9.51. The Bertz CT molecular complexity index is 884. The van der Waals surface area contributed by atoms with Crippen LogP contribution in [0.25, 0.3) is 5.65 Å². The van der Waals surface area contributed by atoms with Crippen molar-refractivity contribution in [1.82, 2.24) is 19.3 Å². The minimum Gasteiger partial charge on any atom is -0.461 e. The molecule has 1 saturated heterocycles. The van der Waals surface area contributed by atoms with Gasteiger partial charge in [-0.15, -0.1) is 0 Å². The normalized spacial score (nSPS) is 15.0. The smallest absolute Gasteiger partial charge is 0.410 e. The third-order valence-corrected chi connectivity index (χ3v) is 4.30. The van der Waals surface area contributed by atoms with Gasteiger partial charge in [0.25, 0.3) is 0 Å². The van der Waals surface area contributed by atoms with Crippen molar-refractivity contribution >= 4 is 35.3 Å². The van der Waals surface area contributed by atoms with Gasteiger partial charge in [-0.25, -0.2) is 19.6 Å². The second-order valence-corrected chi connectivity index (χ2v) is 7.80. The highest BCUT2D eigenvalue weighted by Gasteiger charge is 2.27. The van der Waals surface area contributed by atoms with Gasteiger partial charge in [-0.2, -0.15) is 0 Å². The monoisotopic (exact) mass is 409 g/mol. The van der Waals surface area contributed by atoms with Gasteiger partial charge in [-0.1, -0.05) is 11.6 Å². The zero-order chi connectivity index (χ0) is 20.5. The number of esters is 1. The van der Waals surface area contributed by atoms with E-state index in [0.717, 1.165) is 0 Å². The molecule has 1 aliphatic heterocycles. The van der Waals surface area contributed by atoms with Crippen LogP contribution in [0.4, 0.5) is 10.7 Å². The van der Waals surface area contributed by atoms with E-state index in [1.54, 1.807) is 28.5 Å². The number of hydrogen-bond acceptors (Lipinski definition) is 7. The van der Waals surface area contributed by atoms with Crippen LogP contribution in [0.15, 0.2) is 12.3 Å². The van der Waals surface area contributed by atoms with Crippen LogP contribution in [0.3, 0.4) is 0 Å². The fourth-order valence-corrected chi connectivity index (χ4v) is 3.06.